The second-order valence-corrected chi connectivity index (χ2v) is 4.99. The van der Waals surface area contributed by atoms with E-state index in [1.807, 2.05) is 11.9 Å². The van der Waals surface area contributed by atoms with Gasteiger partial charge in [-0.05, 0) is 32.7 Å². The third kappa shape index (κ3) is 2.55. The quantitative estimate of drug-likeness (QED) is 0.767. The summed E-state index contributed by atoms with van der Waals surface area (Å²) < 4.78 is 5.55. The van der Waals surface area contributed by atoms with Gasteiger partial charge in [0.05, 0.1) is 12.0 Å². The molecule has 0 aromatic rings. The summed E-state index contributed by atoms with van der Waals surface area (Å²) in [6.07, 6.45) is 3.46. The van der Waals surface area contributed by atoms with E-state index in [2.05, 4.69) is 12.2 Å². The topological polar surface area (TPSA) is 41.6 Å². The molecule has 3 unspecified atom stereocenters. The Labute approximate surface area is 97.3 Å². The summed E-state index contributed by atoms with van der Waals surface area (Å²) in [5, 5.41) is 3.32. The van der Waals surface area contributed by atoms with Crippen molar-refractivity contribution in [3.63, 3.8) is 0 Å². The van der Waals surface area contributed by atoms with Gasteiger partial charge in [-0.15, -0.1) is 0 Å². The van der Waals surface area contributed by atoms with Gasteiger partial charge in [0.1, 0.15) is 0 Å². The molecule has 92 valence electrons. The molecule has 3 atom stereocenters. The Morgan fingerprint density at radius 1 is 1.50 bits per heavy atom. The number of nitrogens with zero attached hydrogens (tertiary/aromatic N) is 1. The molecule has 2 saturated heterocycles. The molecule has 2 fully saturated rings. The highest BCUT2D eigenvalue weighted by atomic mass is 16.5. The standard InChI is InChI=1S/C12H22N2O2/c1-9-11(5-6-13-9)12(15)14(2)8-10-4-3-7-16-10/h9-11,13H,3-8H2,1-2H3. The molecule has 2 aliphatic heterocycles. The minimum absolute atomic E-state index is 0.159. The third-order valence-corrected chi connectivity index (χ3v) is 3.72. The van der Waals surface area contributed by atoms with Gasteiger partial charge in [0, 0.05) is 26.2 Å². The van der Waals surface area contributed by atoms with E-state index in [1.165, 1.54) is 0 Å². The van der Waals surface area contributed by atoms with Gasteiger partial charge in [-0.1, -0.05) is 0 Å². The zero-order chi connectivity index (χ0) is 11.5. The van der Waals surface area contributed by atoms with Gasteiger partial charge in [-0.3, -0.25) is 4.79 Å². The van der Waals surface area contributed by atoms with Crippen molar-refractivity contribution >= 4 is 5.91 Å². The van der Waals surface area contributed by atoms with E-state index in [1.54, 1.807) is 0 Å². The number of hydrogen-bond donors (Lipinski definition) is 1. The molecule has 2 heterocycles. The molecule has 0 bridgehead atoms. The molecule has 2 aliphatic rings. The maximum absolute atomic E-state index is 12.2. The summed E-state index contributed by atoms with van der Waals surface area (Å²) in [4.78, 5) is 14.0. The van der Waals surface area contributed by atoms with Crippen LogP contribution < -0.4 is 5.32 Å². The zero-order valence-electron chi connectivity index (χ0n) is 10.2. The molecule has 1 amide bonds. The van der Waals surface area contributed by atoms with Crippen molar-refractivity contribution in [3.05, 3.63) is 0 Å². The van der Waals surface area contributed by atoms with Gasteiger partial charge in [0.2, 0.25) is 5.91 Å². The molecule has 1 N–H and O–H groups in total. The van der Waals surface area contributed by atoms with Crippen molar-refractivity contribution in [2.24, 2.45) is 5.92 Å². The molecule has 2 rings (SSSR count). The molecule has 4 heteroatoms. The van der Waals surface area contributed by atoms with E-state index in [4.69, 9.17) is 4.74 Å². The number of likely N-dealkylation sites (N-methyl/N-ethyl adjacent to an activating group) is 1. The smallest absolute Gasteiger partial charge is 0.227 e. The van der Waals surface area contributed by atoms with Crippen LogP contribution in [0, 0.1) is 5.92 Å². The fourth-order valence-electron chi connectivity index (χ4n) is 2.66. The Morgan fingerprint density at radius 2 is 2.31 bits per heavy atom. The van der Waals surface area contributed by atoms with Crippen LogP contribution in [0.4, 0.5) is 0 Å². The van der Waals surface area contributed by atoms with Gasteiger partial charge in [0.15, 0.2) is 0 Å². The maximum atomic E-state index is 12.2. The Hall–Kier alpha value is -0.610. The fraction of sp³-hybridized carbons (Fsp3) is 0.917. The average molecular weight is 226 g/mol. The van der Waals surface area contributed by atoms with Crippen molar-refractivity contribution in [1.29, 1.82) is 0 Å². The van der Waals surface area contributed by atoms with Crippen LogP contribution in [-0.4, -0.2) is 49.7 Å². The molecule has 4 nitrogen and oxygen atoms in total. The molecule has 0 aromatic heterocycles. The zero-order valence-corrected chi connectivity index (χ0v) is 10.2. The molecular formula is C12H22N2O2. The largest absolute Gasteiger partial charge is 0.376 e. The van der Waals surface area contributed by atoms with E-state index < -0.39 is 0 Å². The van der Waals surface area contributed by atoms with Crippen LogP contribution in [0.15, 0.2) is 0 Å². The highest BCUT2D eigenvalue weighted by Crippen LogP contribution is 2.19. The minimum atomic E-state index is 0.159. The molecule has 0 saturated carbocycles. The lowest BCUT2D eigenvalue weighted by Crippen LogP contribution is -2.41. The van der Waals surface area contributed by atoms with Gasteiger partial charge in [-0.25, -0.2) is 0 Å². The summed E-state index contributed by atoms with van der Waals surface area (Å²) >= 11 is 0. The first kappa shape index (κ1) is 11.9. The van der Waals surface area contributed by atoms with Gasteiger partial charge in [-0.2, -0.15) is 0 Å². The predicted octanol–water partition coefficient (Wildman–Crippen LogP) is 0.622. The van der Waals surface area contributed by atoms with Crippen LogP contribution in [0.1, 0.15) is 26.2 Å². The lowest BCUT2D eigenvalue weighted by Gasteiger charge is -2.25. The molecule has 0 radical (unpaired) electrons. The average Bonchev–Trinajstić information content (AvgIpc) is 2.88. The van der Waals surface area contributed by atoms with Crippen molar-refractivity contribution in [2.45, 2.75) is 38.3 Å². The van der Waals surface area contributed by atoms with Crippen LogP contribution in [0.25, 0.3) is 0 Å². The predicted molar refractivity (Wildman–Crippen MR) is 62.2 cm³/mol. The Morgan fingerprint density at radius 3 is 2.88 bits per heavy atom. The minimum Gasteiger partial charge on any atom is -0.376 e. The molecule has 0 aliphatic carbocycles. The Bertz CT molecular complexity index is 251. The molecular weight excluding hydrogens is 204 g/mol. The molecule has 0 spiro atoms. The number of carbonyl (C=O) groups is 1. The first-order valence-electron chi connectivity index (χ1n) is 6.28. The summed E-state index contributed by atoms with van der Waals surface area (Å²) in [6.45, 7) is 4.66. The monoisotopic (exact) mass is 226 g/mol. The normalized spacial score (nSPS) is 34.2. The lowest BCUT2D eigenvalue weighted by atomic mass is 10.0. The highest BCUT2D eigenvalue weighted by molar-refractivity contribution is 5.79. The van der Waals surface area contributed by atoms with Crippen molar-refractivity contribution in [3.8, 4) is 0 Å². The van der Waals surface area contributed by atoms with Gasteiger partial charge >= 0.3 is 0 Å². The number of nitrogens with one attached hydrogen (secondary N) is 1. The SMILES string of the molecule is CC1NCCC1C(=O)N(C)CC1CCCO1. The van der Waals surface area contributed by atoms with E-state index in [9.17, 15) is 4.79 Å². The molecule has 0 aromatic carbocycles. The first-order chi connectivity index (χ1) is 7.68. The van der Waals surface area contributed by atoms with Crippen LogP contribution in [0.2, 0.25) is 0 Å². The van der Waals surface area contributed by atoms with Crippen LogP contribution in [-0.2, 0) is 9.53 Å². The van der Waals surface area contributed by atoms with Crippen LogP contribution in [0.3, 0.4) is 0 Å². The summed E-state index contributed by atoms with van der Waals surface area (Å²) in [6, 6.07) is 0.319. The van der Waals surface area contributed by atoms with Crippen LogP contribution in [0.5, 0.6) is 0 Å². The Balaban J connectivity index is 1.83. The summed E-state index contributed by atoms with van der Waals surface area (Å²) in [7, 11) is 1.90. The van der Waals surface area contributed by atoms with Gasteiger partial charge < -0.3 is 15.0 Å². The summed E-state index contributed by atoms with van der Waals surface area (Å²) in [5.74, 6) is 0.430. The fourth-order valence-corrected chi connectivity index (χ4v) is 2.66. The van der Waals surface area contributed by atoms with Crippen molar-refractivity contribution < 1.29 is 9.53 Å². The Kier molecular flexibility index (Phi) is 3.82. The number of rotatable bonds is 3. The number of carbonyl (C=O) groups excluding carboxylic acids is 1. The van der Waals surface area contributed by atoms with Crippen LogP contribution >= 0.6 is 0 Å². The third-order valence-electron chi connectivity index (χ3n) is 3.72. The number of amides is 1. The van der Waals surface area contributed by atoms with Crippen molar-refractivity contribution in [2.75, 3.05) is 26.7 Å². The number of ether oxygens (including phenoxy) is 1. The maximum Gasteiger partial charge on any atom is 0.227 e. The lowest BCUT2D eigenvalue weighted by molar-refractivity contribution is -0.135. The van der Waals surface area contributed by atoms with Gasteiger partial charge in [0.25, 0.3) is 0 Å². The second-order valence-electron chi connectivity index (χ2n) is 4.99. The molecule has 16 heavy (non-hydrogen) atoms. The van der Waals surface area contributed by atoms with Crippen molar-refractivity contribution in [1.82, 2.24) is 10.2 Å². The number of hydrogen-bond acceptors (Lipinski definition) is 3. The van der Waals surface area contributed by atoms with E-state index in [0.29, 0.717) is 6.04 Å². The highest BCUT2D eigenvalue weighted by Gasteiger charge is 2.32. The van der Waals surface area contributed by atoms with E-state index in [0.717, 1.165) is 39.0 Å². The first-order valence-corrected chi connectivity index (χ1v) is 6.28. The second kappa shape index (κ2) is 5.15. The van der Waals surface area contributed by atoms with E-state index in [-0.39, 0.29) is 17.9 Å². The summed E-state index contributed by atoms with van der Waals surface area (Å²) in [5.41, 5.74) is 0. The van der Waals surface area contributed by atoms with E-state index >= 15 is 0 Å².